The molecule has 1 fully saturated rings. The molecule has 20 heavy (non-hydrogen) atoms. The maximum absolute atomic E-state index is 5.26. The van der Waals surface area contributed by atoms with Crippen molar-refractivity contribution in [1.82, 2.24) is 9.97 Å². The van der Waals surface area contributed by atoms with Crippen LogP contribution < -0.4 is 10.2 Å². The summed E-state index contributed by atoms with van der Waals surface area (Å²) < 4.78 is 5.26. The monoisotopic (exact) mass is 278 g/mol. The van der Waals surface area contributed by atoms with Gasteiger partial charge in [-0.1, -0.05) is 6.92 Å². The Morgan fingerprint density at radius 1 is 1.30 bits per heavy atom. The van der Waals surface area contributed by atoms with E-state index in [0.717, 1.165) is 49.1 Å². The van der Waals surface area contributed by atoms with Crippen molar-refractivity contribution >= 4 is 11.6 Å². The maximum Gasteiger partial charge on any atom is 0.137 e. The number of anilines is 2. The lowest BCUT2D eigenvalue weighted by molar-refractivity contribution is 0.139. The van der Waals surface area contributed by atoms with Crippen LogP contribution in [0.15, 0.2) is 0 Å². The quantitative estimate of drug-likeness (QED) is 0.895. The summed E-state index contributed by atoms with van der Waals surface area (Å²) >= 11 is 0. The molecule has 0 radical (unpaired) electrons. The van der Waals surface area contributed by atoms with Crippen molar-refractivity contribution in [1.29, 1.82) is 0 Å². The number of piperidine rings is 1. The van der Waals surface area contributed by atoms with Gasteiger partial charge in [0, 0.05) is 45.8 Å². The molecule has 1 aliphatic rings. The van der Waals surface area contributed by atoms with Crippen LogP contribution in [0.25, 0.3) is 0 Å². The third-order valence-corrected chi connectivity index (χ3v) is 4.04. The molecule has 2 rings (SSSR count). The first-order valence-electron chi connectivity index (χ1n) is 7.48. The topological polar surface area (TPSA) is 50.3 Å². The first kappa shape index (κ1) is 15.0. The highest BCUT2D eigenvalue weighted by Crippen LogP contribution is 2.27. The number of aryl methyl sites for hydroxylation is 1. The Kier molecular flexibility index (Phi) is 5.17. The second-order valence-electron chi connectivity index (χ2n) is 5.43. The first-order valence-corrected chi connectivity index (χ1v) is 7.48. The zero-order chi connectivity index (χ0) is 14.5. The fourth-order valence-electron chi connectivity index (χ4n) is 2.81. The van der Waals surface area contributed by atoms with Gasteiger partial charge in [-0.05, 0) is 25.7 Å². The molecule has 0 bridgehead atoms. The predicted molar refractivity (Wildman–Crippen MR) is 82.5 cm³/mol. The molecule has 112 valence electrons. The summed E-state index contributed by atoms with van der Waals surface area (Å²) in [6, 6.07) is 0. The van der Waals surface area contributed by atoms with Crippen LogP contribution >= 0.6 is 0 Å². The number of nitrogens with one attached hydrogen (secondary N) is 1. The van der Waals surface area contributed by atoms with Crippen LogP contribution in [-0.4, -0.2) is 43.8 Å². The Morgan fingerprint density at radius 2 is 2.00 bits per heavy atom. The van der Waals surface area contributed by atoms with E-state index in [1.54, 1.807) is 7.11 Å². The van der Waals surface area contributed by atoms with Gasteiger partial charge in [-0.15, -0.1) is 0 Å². The van der Waals surface area contributed by atoms with Crippen molar-refractivity contribution in [3.63, 3.8) is 0 Å². The predicted octanol–water partition coefficient (Wildman–Crippen LogP) is 2.25. The highest BCUT2D eigenvalue weighted by molar-refractivity contribution is 5.58. The Hall–Kier alpha value is -1.36. The summed E-state index contributed by atoms with van der Waals surface area (Å²) in [5.74, 6) is 3.64. The minimum atomic E-state index is 0.688. The summed E-state index contributed by atoms with van der Waals surface area (Å²) in [5.41, 5.74) is 1.15. The van der Waals surface area contributed by atoms with Gasteiger partial charge in [0.25, 0.3) is 0 Å². The van der Waals surface area contributed by atoms with E-state index in [0.29, 0.717) is 5.92 Å². The largest absolute Gasteiger partial charge is 0.384 e. The number of hydrogen-bond donors (Lipinski definition) is 1. The molecule has 0 saturated carbocycles. The molecule has 1 N–H and O–H groups in total. The third-order valence-electron chi connectivity index (χ3n) is 4.04. The van der Waals surface area contributed by atoms with Gasteiger partial charge in [-0.2, -0.15) is 0 Å². The number of rotatable bonds is 5. The van der Waals surface area contributed by atoms with Gasteiger partial charge in [-0.25, -0.2) is 9.97 Å². The SMILES string of the molecule is CCc1nc(NC)c(C)c(N2CCC(COC)CC2)n1. The Balaban J connectivity index is 2.16. The van der Waals surface area contributed by atoms with Crippen molar-refractivity contribution in [2.24, 2.45) is 5.92 Å². The van der Waals surface area contributed by atoms with Crippen molar-refractivity contribution in [2.45, 2.75) is 33.1 Å². The lowest BCUT2D eigenvalue weighted by Gasteiger charge is -2.33. The van der Waals surface area contributed by atoms with Crippen LogP contribution in [0.1, 0.15) is 31.2 Å². The van der Waals surface area contributed by atoms with Gasteiger partial charge in [0.2, 0.25) is 0 Å². The lowest BCUT2D eigenvalue weighted by Crippen LogP contribution is -2.36. The van der Waals surface area contributed by atoms with Crippen molar-refractivity contribution in [3.8, 4) is 0 Å². The van der Waals surface area contributed by atoms with E-state index in [1.165, 1.54) is 12.8 Å². The number of hydrogen-bond acceptors (Lipinski definition) is 5. The van der Waals surface area contributed by atoms with Gasteiger partial charge in [0.15, 0.2) is 0 Å². The molecule has 0 spiro atoms. The normalized spacial score (nSPS) is 16.5. The van der Waals surface area contributed by atoms with Crippen molar-refractivity contribution in [3.05, 3.63) is 11.4 Å². The zero-order valence-electron chi connectivity index (χ0n) is 13.1. The second-order valence-corrected chi connectivity index (χ2v) is 5.43. The summed E-state index contributed by atoms with van der Waals surface area (Å²) in [6.45, 7) is 7.18. The average molecular weight is 278 g/mol. The lowest BCUT2D eigenvalue weighted by atomic mass is 9.97. The smallest absolute Gasteiger partial charge is 0.137 e. The summed E-state index contributed by atoms with van der Waals surface area (Å²) in [5, 5.41) is 3.18. The Labute approximate surface area is 121 Å². The second kappa shape index (κ2) is 6.88. The van der Waals surface area contributed by atoms with E-state index in [9.17, 15) is 0 Å². The first-order chi connectivity index (χ1) is 9.69. The van der Waals surface area contributed by atoms with Crippen LogP contribution in [0, 0.1) is 12.8 Å². The van der Waals surface area contributed by atoms with Gasteiger partial charge in [-0.3, -0.25) is 0 Å². The molecule has 0 amide bonds. The maximum atomic E-state index is 5.26. The van der Waals surface area contributed by atoms with E-state index in [-0.39, 0.29) is 0 Å². The molecule has 1 aromatic rings. The van der Waals surface area contributed by atoms with Crippen LogP contribution in [0.3, 0.4) is 0 Å². The van der Waals surface area contributed by atoms with Gasteiger partial charge >= 0.3 is 0 Å². The minimum absolute atomic E-state index is 0.688. The standard InChI is InChI=1S/C15H26N4O/c1-5-13-17-14(16-3)11(2)15(18-13)19-8-6-12(7-9-19)10-20-4/h12H,5-10H2,1-4H3,(H,16,17,18). The molecule has 5 nitrogen and oxygen atoms in total. The highest BCUT2D eigenvalue weighted by Gasteiger charge is 2.22. The molecule has 1 aromatic heterocycles. The van der Waals surface area contributed by atoms with Crippen LogP contribution in [0.2, 0.25) is 0 Å². The van der Waals surface area contributed by atoms with Gasteiger partial charge in [0.05, 0.1) is 0 Å². The van der Waals surface area contributed by atoms with Crippen molar-refractivity contribution in [2.75, 3.05) is 44.1 Å². The summed E-state index contributed by atoms with van der Waals surface area (Å²) in [7, 11) is 3.71. The molecule has 0 aliphatic carbocycles. The Morgan fingerprint density at radius 3 is 2.55 bits per heavy atom. The van der Waals surface area contributed by atoms with E-state index in [4.69, 9.17) is 9.72 Å². The minimum Gasteiger partial charge on any atom is -0.384 e. The third kappa shape index (κ3) is 3.20. The fourth-order valence-corrected chi connectivity index (χ4v) is 2.81. The van der Waals surface area contributed by atoms with E-state index in [2.05, 4.69) is 29.0 Å². The van der Waals surface area contributed by atoms with E-state index < -0.39 is 0 Å². The van der Waals surface area contributed by atoms with E-state index in [1.807, 2.05) is 7.05 Å². The Bertz CT molecular complexity index is 442. The van der Waals surface area contributed by atoms with Crippen molar-refractivity contribution < 1.29 is 4.74 Å². The molecule has 0 atom stereocenters. The molecular weight excluding hydrogens is 252 g/mol. The molecule has 1 saturated heterocycles. The molecule has 1 aliphatic heterocycles. The van der Waals surface area contributed by atoms with Crippen LogP contribution in [-0.2, 0) is 11.2 Å². The van der Waals surface area contributed by atoms with Crippen LogP contribution in [0.5, 0.6) is 0 Å². The molecule has 0 aromatic carbocycles. The number of ether oxygens (including phenoxy) is 1. The highest BCUT2D eigenvalue weighted by atomic mass is 16.5. The van der Waals surface area contributed by atoms with Crippen LogP contribution in [0.4, 0.5) is 11.6 Å². The average Bonchev–Trinajstić information content (AvgIpc) is 2.49. The number of aromatic nitrogens is 2. The van der Waals surface area contributed by atoms with Gasteiger partial charge < -0.3 is 15.0 Å². The molecule has 5 heteroatoms. The number of methoxy groups -OCH3 is 1. The van der Waals surface area contributed by atoms with Gasteiger partial charge in [0.1, 0.15) is 17.5 Å². The fraction of sp³-hybridized carbons (Fsp3) is 0.733. The summed E-state index contributed by atoms with van der Waals surface area (Å²) in [4.78, 5) is 11.7. The molecule has 2 heterocycles. The van der Waals surface area contributed by atoms with E-state index >= 15 is 0 Å². The summed E-state index contributed by atoms with van der Waals surface area (Å²) in [6.07, 6.45) is 3.21. The molecule has 0 unspecified atom stereocenters. The zero-order valence-corrected chi connectivity index (χ0v) is 13.1. The number of nitrogens with zero attached hydrogens (tertiary/aromatic N) is 3. The molecular formula is C15H26N4O.